The van der Waals surface area contributed by atoms with Gasteiger partial charge in [-0.25, -0.2) is 0 Å². The average molecular weight is 308 g/mol. The number of benzene rings is 1. The van der Waals surface area contributed by atoms with E-state index in [-0.39, 0.29) is 0 Å². The Bertz CT molecular complexity index is 447. The van der Waals surface area contributed by atoms with E-state index in [1.54, 1.807) is 0 Å². The highest BCUT2D eigenvalue weighted by molar-refractivity contribution is 9.10. The van der Waals surface area contributed by atoms with Gasteiger partial charge in [-0.05, 0) is 50.0 Å². The van der Waals surface area contributed by atoms with E-state index >= 15 is 0 Å². The van der Waals surface area contributed by atoms with Crippen molar-refractivity contribution in [2.75, 3.05) is 31.6 Å². The molecule has 0 aliphatic carbocycles. The van der Waals surface area contributed by atoms with Crippen molar-refractivity contribution in [3.05, 3.63) is 28.2 Å². The molecule has 0 spiro atoms. The van der Waals surface area contributed by atoms with Crippen molar-refractivity contribution in [2.24, 2.45) is 5.92 Å². The molecule has 0 saturated carbocycles. The maximum absolute atomic E-state index is 8.99. The minimum absolute atomic E-state index is 0.702. The fourth-order valence-electron chi connectivity index (χ4n) is 2.43. The van der Waals surface area contributed by atoms with E-state index in [2.05, 4.69) is 45.3 Å². The molecule has 1 fully saturated rings. The molecule has 3 nitrogen and oxygen atoms in total. The van der Waals surface area contributed by atoms with E-state index in [1.807, 2.05) is 12.1 Å². The van der Waals surface area contributed by atoms with Gasteiger partial charge < -0.3 is 10.2 Å². The molecule has 18 heavy (non-hydrogen) atoms. The predicted octanol–water partition coefficient (Wildman–Crippen LogP) is 2.76. The molecule has 1 aliphatic heterocycles. The molecule has 4 heteroatoms. The molecule has 1 aromatic carbocycles. The van der Waals surface area contributed by atoms with Crippen LogP contribution in [0.3, 0.4) is 0 Å². The number of nitrogens with zero attached hydrogens (tertiary/aromatic N) is 2. The second-order valence-corrected chi connectivity index (χ2v) is 5.82. The molecule has 1 unspecified atom stereocenters. The van der Waals surface area contributed by atoms with Gasteiger partial charge in [0.2, 0.25) is 0 Å². The van der Waals surface area contributed by atoms with E-state index < -0.39 is 0 Å². The third-order valence-corrected chi connectivity index (χ3v) is 3.84. The van der Waals surface area contributed by atoms with Gasteiger partial charge in [0.15, 0.2) is 0 Å². The number of anilines is 1. The molecule has 0 radical (unpaired) electrons. The zero-order valence-corrected chi connectivity index (χ0v) is 12.2. The van der Waals surface area contributed by atoms with E-state index in [9.17, 15) is 0 Å². The zero-order valence-electron chi connectivity index (χ0n) is 10.6. The van der Waals surface area contributed by atoms with Gasteiger partial charge in [0, 0.05) is 23.8 Å². The van der Waals surface area contributed by atoms with Gasteiger partial charge in [0.25, 0.3) is 0 Å². The Morgan fingerprint density at radius 3 is 3.00 bits per heavy atom. The van der Waals surface area contributed by atoms with Gasteiger partial charge in [-0.3, -0.25) is 0 Å². The first-order valence-electron chi connectivity index (χ1n) is 6.31. The lowest BCUT2D eigenvalue weighted by atomic mass is 9.99. The van der Waals surface area contributed by atoms with Crippen LogP contribution in [0.15, 0.2) is 22.7 Å². The van der Waals surface area contributed by atoms with Gasteiger partial charge in [-0.2, -0.15) is 5.26 Å². The van der Waals surface area contributed by atoms with E-state index in [0.717, 1.165) is 29.8 Å². The van der Waals surface area contributed by atoms with Crippen LogP contribution in [0.1, 0.15) is 18.4 Å². The summed E-state index contributed by atoms with van der Waals surface area (Å²) in [5, 5.41) is 12.4. The number of piperidine rings is 1. The van der Waals surface area contributed by atoms with Gasteiger partial charge >= 0.3 is 0 Å². The highest BCUT2D eigenvalue weighted by Gasteiger charge is 2.15. The summed E-state index contributed by atoms with van der Waals surface area (Å²) in [7, 11) is 2.09. The van der Waals surface area contributed by atoms with Crippen LogP contribution in [0.25, 0.3) is 0 Å². The number of rotatable bonds is 3. The SMILES string of the molecule is CN(CC1CCCNC1)c1cc(Br)cc(C#N)c1. The Morgan fingerprint density at radius 1 is 1.50 bits per heavy atom. The van der Waals surface area contributed by atoms with Crippen LogP contribution in [-0.2, 0) is 0 Å². The molecule has 96 valence electrons. The number of nitrogens with one attached hydrogen (secondary N) is 1. The van der Waals surface area contributed by atoms with E-state index in [0.29, 0.717) is 11.5 Å². The summed E-state index contributed by atoms with van der Waals surface area (Å²) in [4.78, 5) is 2.24. The minimum Gasteiger partial charge on any atom is -0.374 e. The van der Waals surface area contributed by atoms with Crippen molar-refractivity contribution >= 4 is 21.6 Å². The maximum Gasteiger partial charge on any atom is 0.0992 e. The third-order valence-electron chi connectivity index (χ3n) is 3.38. The fraction of sp³-hybridized carbons (Fsp3) is 0.500. The first-order chi connectivity index (χ1) is 8.69. The smallest absolute Gasteiger partial charge is 0.0992 e. The lowest BCUT2D eigenvalue weighted by molar-refractivity contribution is 0.381. The number of hydrogen-bond acceptors (Lipinski definition) is 3. The van der Waals surface area contributed by atoms with Crippen LogP contribution in [0, 0.1) is 17.2 Å². The topological polar surface area (TPSA) is 39.1 Å². The minimum atomic E-state index is 0.702. The molecular formula is C14H18BrN3. The number of nitriles is 1. The molecule has 1 aromatic rings. The third kappa shape index (κ3) is 3.47. The Kier molecular flexibility index (Phi) is 4.62. The predicted molar refractivity (Wildman–Crippen MR) is 77.7 cm³/mol. The summed E-state index contributed by atoms with van der Waals surface area (Å²) in [6.07, 6.45) is 2.55. The van der Waals surface area contributed by atoms with Crippen LogP contribution in [0.4, 0.5) is 5.69 Å². The van der Waals surface area contributed by atoms with Crippen molar-refractivity contribution < 1.29 is 0 Å². The van der Waals surface area contributed by atoms with Gasteiger partial charge in [-0.1, -0.05) is 15.9 Å². The van der Waals surface area contributed by atoms with Crippen LogP contribution in [0.5, 0.6) is 0 Å². The zero-order chi connectivity index (χ0) is 13.0. The molecule has 1 heterocycles. The summed E-state index contributed by atoms with van der Waals surface area (Å²) in [5.41, 5.74) is 1.81. The van der Waals surface area contributed by atoms with Crippen molar-refractivity contribution in [1.29, 1.82) is 5.26 Å². The number of halogens is 1. The summed E-state index contributed by atoms with van der Waals surface area (Å²) in [6, 6.07) is 8.06. The quantitative estimate of drug-likeness (QED) is 0.933. The lowest BCUT2D eigenvalue weighted by Crippen LogP contribution is -2.36. The first-order valence-corrected chi connectivity index (χ1v) is 7.11. The summed E-state index contributed by atoms with van der Waals surface area (Å²) >= 11 is 3.46. The van der Waals surface area contributed by atoms with E-state index in [1.165, 1.54) is 12.8 Å². The molecule has 0 amide bonds. The monoisotopic (exact) mass is 307 g/mol. The maximum atomic E-state index is 8.99. The molecule has 1 N–H and O–H groups in total. The molecule has 0 aromatic heterocycles. The van der Waals surface area contributed by atoms with Crippen molar-refractivity contribution in [2.45, 2.75) is 12.8 Å². The normalized spacial score (nSPS) is 19.3. The Balaban J connectivity index is 2.05. The standard InChI is InChI=1S/C14H18BrN3/c1-18(10-11-3-2-4-17-9-11)14-6-12(8-16)5-13(15)7-14/h5-7,11,17H,2-4,9-10H2,1H3. The summed E-state index contributed by atoms with van der Waals surface area (Å²) < 4.78 is 0.963. The van der Waals surface area contributed by atoms with Crippen LogP contribution in [0.2, 0.25) is 0 Å². The largest absolute Gasteiger partial charge is 0.374 e. The Hall–Kier alpha value is -1.05. The Labute approximate surface area is 117 Å². The number of hydrogen-bond donors (Lipinski definition) is 1. The molecule has 1 atom stereocenters. The molecule has 0 bridgehead atoms. The highest BCUT2D eigenvalue weighted by atomic mass is 79.9. The fourth-order valence-corrected chi connectivity index (χ4v) is 2.91. The summed E-state index contributed by atoms with van der Waals surface area (Å²) in [6.45, 7) is 3.29. The molecule has 1 aliphatic rings. The van der Waals surface area contributed by atoms with Gasteiger partial charge in [0.1, 0.15) is 0 Å². The van der Waals surface area contributed by atoms with Crippen LogP contribution < -0.4 is 10.2 Å². The van der Waals surface area contributed by atoms with Gasteiger partial charge in [-0.15, -0.1) is 0 Å². The molecule has 1 saturated heterocycles. The highest BCUT2D eigenvalue weighted by Crippen LogP contribution is 2.23. The Morgan fingerprint density at radius 2 is 2.33 bits per heavy atom. The second kappa shape index (κ2) is 6.21. The van der Waals surface area contributed by atoms with Crippen LogP contribution >= 0.6 is 15.9 Å². The summed E-state index contributed by atoms with van der Waals surface area (Å²) in [5.74, 6) is 0.702. The molecular weight excluding hydrogens is 290 g/mol. The lowest BCUT2D eigenvalue weighted by Gasteiger charge is -2.29. The van der Waals surface area contributed by atoms with Crippen molar-refractivity contribution in [3.63, 3.8) is 0 Å². The van der Waals surface area contributed by atoms with Crippen LogP contribution in [-0.4, -0.2) is 26.7 Å². The van der Waals surface area contributed by atoms with Crippen molar-refractivity contribution in [1.82, 2.24) is 5.32 Å². The van der Waals surface area contributed by atoms with Crippen molar-refractivity contribution in [3.8, 4) is 6.07 Å². The van der Waals surface area contributed by atoms with E-state index in [4.69, 9.17) is 5.26 Å². The second-order valence-electron chi connectivity index (χ2n) is 4.90. The van der Waals surface area contributed by atoms with Gasteiger partial charge in [0.05, 0.1) is 11.6 Å². The first kappa shape index (κ1) is 13.4. The molecule has 2 rings (SSSR count). The average Bonchev–Trinajstić information content (AvgIpc) is 2.39.